The molecule has 128 valence electrons. The molecular formula is C14H16N4O5S. The van der Waals surface area contributed by atoms with Gasteiger partial charge in [0.2, 0.25) is 17.7 Å². The summed E-state index contributed by atoms with van der Waals surface area (Å²) in [6.45, 7) is -0.210. The number of thioether (sulfide) groups is 1. The van der Waals surface area contributed by atoms with Crippen molar-refractivity contribution in [1.82, 2.24) is 15.5 Å². The molecule has 0 atom stereocenters. The van der Waals surface area contributed by atoms with E-state index in [0.717, 1.165) is 11.8 Å². The van der Waals surface area contributed by atoms with Crippen molar-refractivity contribution in [1.29, 1.82) is 0 Å². The number of nitrogens with zero attached hydrogens (tertiary/aromatic N) is 2. The predicted octanol–water partition coefficient (Wildman–Crippen LogP) is 0.447. The fourth-order valence-corrected chi connectivity index (χ4v) is 2.27. The molecule has 2 rings (SSSR count). The molecule has 0 saturated heterocycles. The van der Waals surface area contributed by atoms with E-state index in [1.807, 2.05) is 0 Å². The Bertz CT molecular complexity index is 711. The molecule has 0 unspecified atom stereocenters. The Morgan fingerprint density at radius 3 is 2.46 bits per heavy atom. The van der Waals surface area contributed by atoms with Crippen LogP contribution in [0.25, 0.3) is 11.5 Å². The van der Waals surface area contributed by atoms with Crippen LogP contribution in [0.3, 0.4) is 0 Å². The molecule has 1 aromatic carbocycles. The van der Waals surface area contributed by atoms with E-state index in [2.05, 4.69) is 15.5 Å². The van der Waals surface area contributed by atoms with Crippen LogP contribution in [0.2, 0.25) is 0 Å². The van der Waals surface area contributed by atoms with Crippen molar-refractivity contribution in [2.24, 2.45) is 5.73 Å². The lowest BCUT2D eigenvalue weighted by Crippen LogP contribution is -2.34. The molecule has 0 saturated carbocycles. The van der Waals surface area contributed by atoms with Gasteiger partial charge >= 0.3 is 0 Å². The van der Waals surface area contributed by atoms with Gasteiger partial charge in [-0.15, -0.1) is 10.2 Å². The predicted molar refractivity (Wildman–Crippen MR) is 85.8 cm³/mol. The van der Waals surface area contributed by atoms with Crippen LogP contribution in [0, 0.1) is 0 Å². The summed E-state index contributed by atoms with van der Waals surface area (Å²) in [7, 11) is 3.08. The zero-order valence-corrected chi connectivity index (χ0v) is 13.9. The highest BCUT2D eigenvalue weighted by Gasteiger charge is 2.13. The highest BCUT2D eigenvalue weighted by molar-refractivity contribution is 7.99. The van der Waals surface area contributed by atoms with Gasteiger partial charge in [-0.05, 0) is 12.1 Å². The third-order valence-electron chi connectivity index (χ3n) is 2.79. The smallest absolute Gasteiger partial charge is 0.277 e. The summed E-state index contributed by atoms with van der Waals surface area (Å²) in [6.07, 6.45) is 0. The normalized spacial score (nSPS) is 10.2. The highest BCUT2D eigenvalue weighted by atomic mass is 32.2. The Labute approximate surface area is 141 Å². The fraction of sp³-hybridized carbons (Fsp3) is 0.286. The molecule has 9 nitrogen and oxygen atoms in total. The van der Waals surface area contributed by atoms with Gasteiger partial charge in [-0.1, -0.05) is 11.8 Å². The third-order valence-corrected chi connectivity index (χ3v) is 3.61. The summed E-state index contributed by atoms with van der Waals surface area (Å²) < 4.78 is 15.9. The van der Waals surface area contributed by atoms with Crippen molar-refractivity contribution in [3.8, 4) is 23.0 Å². The van der Waals surface area contributed by atoms with E-state index in [1.165, 1.54) is 0 Å². The first-order valence-corrected chi connectivity index (χ1v) is 7.75. The minimum Gasteiger partial charge on any atom is -0.497 e. The summed E-state index contributed by atoms with van der Waals surface area (Å²) in [4.78, 5) is 22.1. The zero-order valence-electron chi connectivity index (χ0n) is 13.1. The van der Waals surface area contributed by atoms with Gasteiger partial charge in [0.1, 0.15) is 11.5 Å². The van der Waals surface area contributed by atoms with Crippen molar-refractivity contribution in [3.63, 3.8) is 0 Å². The monoisotopic (exact) mass is 352 g/mol. The number of nitrogens with one attached hydrogen (secondary N) is 1. The van der Waals surface area contributed by atoms with Crippen LogP contribution in [0.5, 0.6) is 11.5 Å². The first kappa shape index (κ1) is 17.6. The van der Waals surface area contributed by atoms with E-state index >= 15 is 0 Å². The Balaban J connectivity index is 2.03. The van der Waals surface area contributed by atoms with E-state index in [9.17, 15) is 9.59 Å². The number of nitrogens with two attached hydrogens (primary N) is 1. The second-order valence-corrected chi connectivity index (χ2v) is 5.43. The van der Waals surface area contributed by atoms with Crippen molar-refractivity contribution >= 4 is 23.6 Å². The van der Waals surface area contributed by atoms with Crippen LogP contribution in [-0.2, 0) is 9.59 Å². The Kier molecular flexibility index (Phi) is 6.01. The molecule has 1 aromatic heterocycles. The van der Waals surface area contributed by atoms with Gasteiger partial charge in [-0.2, -0.15) is 0 Å². The van der Waals surface area contributed by atoms with Crippen molar-refractivity contribution in [2.45, 2.75) is 5.22 Å². The van der Waals surface area contributed by atoms with Crippen LogP contribution in [0.4, 0.5) is 0 Å². The molecular weight excluding hydrogens is 336 g/mol. The Morgan fingerprint density at radius 2 is 1.88 bits per heavy atom. The minimum absolute atomic E-state index is 0.0242. The van der Waals surface area contributed by atoms with Gasteiger partial charge in [-0.3, -0.25) is 9.59 Å². The van der Waals surface area contributed by atoms with Gasteiger partial charge in [0.25, 0.3) is 5.22 Å². The molecule has 24 heavy (non-hydrogen) atoms. The quantitative estimate of drug-likeness (QED) is 0.655. The van der Waals surface area contributed by atoms with E-state index in [0.29, 0.717) is 17.1 Å². The number of rotatable bonds is 8. The van der Waals surface area contributed by atoms with Crippen molar-refractivity contribution < 1.29 is 23.5 Å². The van der Waals surface area contributed by atoms with Crippen LogP contribution < -0.4 is 20.5 Å². The summed E-state index contributed by atoms with van der Waals surface area (Å²) in [5.41, 5.74) is 5.57. The molecule has 0 bridgehead atoms. The lowest BCUT2D eigenvalue weighted by Gasteiger charge is -2.05. The summed E-state index contributed by atoms with van der Waals surface area (Å²) >= 11 is 1.05. The number of primary amides is 1. The lowest BCUT2D eigenvalue weighted by atomic mass is 10.2. The van der Waals surface area contributed by atoms with Crippen molar-refractivity contribution in [2.75, 3.05) is 26.5 Å². The van der Waals surface area contributed by atoms with Crippen LogP contribution in [0.15, 0.2) is 27.8 Å². The average Bonchev–Trinajstić information content (AvgIpc) is 3.06. The minimum atomic E-state index is -0.611. The molecule has 0 fully saturated rings. The number of aromatic nitrogens is 2. The maximum absolute atomic E-state index is 11.5. The molecule has 0 aliphatic heterocycles. The second kappa shape index (κ2) is 8.20. The average molecular weight is 352 g/mol. The molecule has 0 aliphatic carbocycles. The van der Waals surface area contributed by atoms with Crippen LogP contribution in [0.1, 0.15) is 0 Å². The van der Waals surface area contributed by atoms with Gasteiger partial charge < -0.3 is 24.9 Å². The summed E-state index contributed by atoms with van der Waals surface area (Å²) in [5, 5.41) is 10.4. The first-order chi connectivity index (χ1) is 11.5. The zero-order chi connectivity index (χ0) is 17.5. The molecule has 10 heteroatoms. The number of ether oxygens (including phenoxy) is 2. The first-order valence-electron chi connectivity index (χ1n) is 6.76. The van der Waals surface area contributed by atoms with E-state index in [-0.39, 0.29) is 29.3 Å². The topological polar surface area (TPSA) is 130 Å². The highest BCUT2D eigenvalue weighted by Crippen LogP contribution is 2.30. The summed E-state index contributed by atoms with van der Waals surface area (Å²) in [5.74, 6) is 0.496. The van der Waals surface area contributed by atoms with Gasteiger partial charge in [0.05, 0.1) is 26.5 Å². The molecule has 0 aliphatic rings. The standard InChI is InChI=1S/C14H16N4O5S/c1-21-9-3-8(4-10(5-9)22-2)13-17-18-14(23-13)24-7-12(20)16-6-11(15)19/h3-5H,6-7H2,1-2H3,(H2,15,19)(H,16,20). The molecule has 2 aromatic rings. The number of hydrogen-bond acceptors (Lipinski definition) is 8. The largest absolute Gasteiger partial charge is 0.497 e. The molecule has 0 spiro atoms. The number of benzene rings is 1. The third kappa shape index (κ3) is 4.88. The van der Waals surface area contributed by atoms with Gasteiger partial charge in [0.15, 0.2) is 0 Å². The van der Waals surface area contributed by atoms with E-state index < -0.39 is 5.91 Å². The maximum Gasteiger partial charge on any atom is 0.277 e. The number of methoxy groups -OCH3 is 2. The molecule has 3 N–H and O–H groups in total. The Hall–Kier alpha value is -2.75. The second-order valence-electron chi connectivity index (χ2n) is 4.51. The van der Waals surface area contributed by atoms with Crippen LogP contribution >= 0.6 is 11.8 Å². The fourth-order valence-electron chi connectivity index (χ4n) is 1.68. The maximum atomic E-state index is 11.5. The van der Waals surface area contributed by atoms with Crippen molar-refractivity contribution in [3.05, 3.63) is 18.2 Å². The Morgan fingerprint density at radius 1 is 1.21 bits per heavy atom. The molecule has 1 heterocycles. The number of carbonyl (C=O) groups is 2. The molecule has 0 radical (unpaired) electrons. The molecule has 2 amide bonds. The van der Waals surface area contributed by atoms with Gasteiger partial charge in [0, 0.05) is 11.6 Å². The lowest BCUT2D eigenvalue weighted by molar-refractivity contribution is -0.123. The SMILES string of the molecule is COc1cc(OC)cc(-c2nnc(SCC(=O)NCC(N)=O)o2)c1. The number of hydrogen-bond donors (Lipinski definition) is 2. The van der Waals surface area contributed by atoms with Crippen LogP contribution in [-0.4, -0.2) is 48.5 Å². The number of carbonyl (C=O) groups excluding carboxylic acids is 2. The van der Waals surface area contributed by atoms with E-state index in [1.54, 1.807) is 32.4 Å². The van der Waals surface area contributed by atoms with E-state index in [4.69, 9.17) is 19.6 Å². The van der Waals surface area contributed by atoms with Gasteiger partial charge in [-0.25, -0.2) is 0 Å². The summed E-state index contributed by atoms with van der Waals surface area (Å²) in [6, 6.07) is 5.17. The number of amides is 2.